The van der Waals surface area contributed by atoms with Crippen LogP contribution in [0.25, 0.3) is 11.0 Å². The molecule has 2 atom stereocenters. The van der Waals surface area contributed by atoms with Gasteiger partial charge in [-0.1, -0.05) is 18.7 Å². The predicted octanol–water partition coefficient (Wildman–Crippen LogP) is 4.71. The smallest absolute Gasteiger partial charge is 0.291 e. The summed E-state index contributed by atoms with van der Waals surface area (Å²) in [5, 5.41) is 0.474. The van der Waals surface area contributed by atoms with E-state index in [0.717, 1.165) is 29.5 Å². The fourth-order valence-corrected chi connectivity index (χ4v) is 4.94. The molecule has 7 nitrogen and oxygen atoms in total. The highest BCUT2D eigenvalue weighted by atomic mass is 16.5. The molecule has 182 valence electrons. The fraction of sp³-hybridized carbons (Fsp3) is 0.357. The molecule has 0 radical (unpaired) electrons. The maximum absolute atomic E-state index is 13.8. The first-order chi connectivity index (χ1) is 16.9. The van der Waals surface area contributed by atoms with Gasteiger partial charge in [-0.25, -0.2) is 0 Å². The summed E-state index contributed by atoms with van der Waals surface area (Å²) in [6.07, 6.45) is 3.39. The zero-order chi connectivity index (χ0) is 24.7. The van der Waals surface area contributed by atoms with E-state index in [1.54, 1.807) is 24.2 Å². The maximum Gasteiger partial charge on any atom is 0.291 e. The Hall–Kier alpha value is -3.58. The van der Waals surface area contributed by atoms with E-state index < -0.39 is 6.04 Å². The highest BCUT2D eigenvalue weighted by Gasteiger charge is 2.44. The van der Waals surface area contributed by atoms with Crippen LogP contribution in [0, 0.1) is 13.8 Å². The molecule has 2 aliphatic rings. The molecule has 2 aromatic carbocycles. The van der Waals surface area contributed by atoms with Crippen LogP contribution in [-0.4, -0.2) is 43.8 Å². The van der Waals surface area contributed by atoms with Crippen LogP contribution in [0.1, 0.15) is 51.7 Å². The second kappa shape index (κ2) is 9.23. The Morgan fingerprint density at radius 2 is 1.94 bits per heavy atom. The van der Waals surface area contributed by atoms with Gasteiger partial charge < -0.3 is 23.5 Å². The summed E-state index contributed by atoms with van der Waals surface area (Å²) < 4.78 is 23.2. The Labute approximate surface area is 203 Å². The monoisotopic (exact) mass is 475 g/mol. The van der Waals surface area contributed by atoms with Crippen molar-refractivity contribution in [2.75, 3.05) is 26.9 Å². The molecule has 2 unspecified atom stereocenters. The van der Waals surface area contributed by atoms with Crippen LogP contribution in [0.2, 0.25) is 0 Å². The van der Waals surface area contributed by atoms with Crippen molar-refractivity contribution < 1.29 is 23.4 Å². The SMILES string of the molecule is C=CCOc1ccc(C2c3c(oc4cc(C)c(C)cc4c3=O)C(=O)N2CC2CCCO2)cc1OC. The van der Waals surface area contributed by atoms with Gasteiger partial charge in [-0.2, -0.15) is 0 Å². The predicted molar refractivity (Wildman–Crippen MR) is 132 cm³/mol. The molecule has 0 spiro atoms. The van der Waals surface area contributed by atoms with Crippen LogP contribution in [0.4, 0.5) is 0 Å². The van der Waals surface area contributed by atoms with E-state index in [1.165, 1.54) is 0 Å². The number of carbonyl (C=O) groups excluding carboxylic acids is 1. The molecule has 1 saturated heterocycles. The summed E-state index contributed by atoms with van der Waals surface area (Å²) in [6, 6.07) is 8.52. The van der Waals surface area contributed by atoms with Crippen molar-refractivity contribution in [3.05, 3.63) is 81.2 Å². The number of ether oxygens (including phenoxy) is 3. The molecule has 1 aromatic heterocycles. The quantitative estimate of drug-likeness (QED) is 0.461. The number of fused-ring (bicyclic) bond motifs is 2. The molecule has 2 aliphatic heterocycles. The van der Waals surface area contributed by atoms with Crippen LogP contribution < -0.4 is 14.9 Å². The molecule has 3 heterocycles. The first-order valence-electron chi connectivity index (χ1n) is 11.8. The number of rotatable bonds is 7. The number of hydrogen-bond donors (Lipinski definition) is 0. The number of methoxy groups -OCH3 is 1. The lowest BCUT2D eigenvalue weighted by atomic mass is 9.97. The third-order valence-electron chi connectivity index (χ3n) is 6.87. The Balaban J connectivity index is 1.68. The van der Waals surface area contributed by atoms with Crippen molar-refractivity contribution >= 4 is 16.9 Å². The number of nitrogens with zero attached hydrogens (tertiary/aromatic N) is 1. The first kappa shape index (κ1) is 23.2. The minimum Gasteiger partial charge on any atom is -0.493 e. The van der Waals surface area contributed by atoms with Gasteiger partial charge in [0, 0.05) is 13.2 Å². The zero-order valence-electron chi connectivity index (χ0n) is 20.3. The molecule has 0 aliphatic carbocycles. The van der Waals surface area contributed by atoms with Crippen molar-refractivity contribution in [1.29, 1.82) is 0 Å². The summed E-state index contributed by atoms with van der Waals surface area (Å²) in [7, 11) is 1.56. The summed E-state index contributed by atoms with van der Waals surface area (Å²) in [6.45, 7) is 8.98. The summed E-state index contributed by atoms with van der Waals surface area (Å²) in [4.78, 5) is 29.2. The number of aryl methyl sites for hydroxylation is 2. The minimum absolute atomic E-state index is 0.0816. The zero-order valence-corrected chi connectivity index (χ0v) is 20.3. The lowest BCUT2D eigenvalue weighted by Gasteiger charge is -2.28. The number of amides is 1. The summed E-state index contributed by atoms with van der Waals surface area (Å²) in [5.41, 5.74) is 3.32. The third-order valence-corrected chi connectivity index (χ3v) is 6.87. The molecule has 0 saturated carbocycles. The lowest BCUT2D eigenvalue weighted by Crippen LogP contribution is -2.36. The topological polar surface area (TPSA) is 78.2 Å². The lowest BCUT2D eigenvalue weighted by molar-refractivity contribution is 0.0486. The molecule has 1 amide bonds. The average Bonchev–Trinajstić information content (AvgIpc) is 3.46. The Morgan fingerprint density at radius 1 is 1.14 bits per heavy atom. The molecule has 0 N–H and O–H groups in total. The van der Waals surface area contributed by atoms with Crippen LogP contribution in [0.5, 0.6) is 11.5 Å². The van der Waals surface area contributed by atoms with E-state index in [9.17, 15) is 9.59 Å². The van der Waals surface area contributed by atoms with Gasteiger partial charge in [-0.3, -0.25) is 9.59 Å². The Kier molecular flexibility index (Phi) is 6.11. The fourth-order valence-electron chi connectivity index (χ4n) is 4.94. The van der Waals surface area contributed by atoms with Gasteiger partial charge in [0.05, 0.1) is 30.2 Å². The van der Waals surface area contributed by atoms with Gasteiger partial charge in [-0.05, 0) is 67.6 Å². The molecule has 7 heteroatoms. The summed E-state index contributed by atoms with van der Waals surface area (Å²) in [5.74, 6) is 0.866. The summed E-state index contributed by atoms with van der Waals surface area (Å²) >= 11 is 0. The standard InChI is InChI=1S/C28H29NO6/c1-5-10-34-21-9-8-18(14-23(21)32-4)25-24-26(30)20-12-16(2)17(3)13-22(20)35-27(24)28(31)29(25)15-19-7-6-11-33-19/h5,8-9,12-14,19,25H,1,6-7,10-11,15H2,2-4H3. The van der Waals surface area contributed by atoms with Gasteiger partial charge in [-0.15, -0.1) is 0 Å². The highest BCUT2D eigenvalue weighted by Crippen LogP contribution is 2.41. The normalized spacial score (nSPS) is 19.3. The molecule has 3 aromatic rings. The van der Waals surface area contributed by atoms with Gasteiger partial charge >= 0.3 is 0 Å². The third kappa shape index (κ3) is 4.00. The Bertz CT molecular complexity index is 1370. The molecule has 1 fully saturated rings. The van der Waals surface area contributed by atoms with E-state index in [1.807, 2.05) is 38.1 Å². The second-order valence-electron chi connectivity index (χ2n) is 9.11. The van der Waals surface area contributed by atoms with Gasteiger partial charge in [0.25, 0.3) is 5.91 Å². The Morgan fingerprint density at radius 3 is 2.66 bits per heavy atom. The van der Waals surface area contributed by atoms with Gasteiger partial charge in [0.1, 0.15) is 12.2 Å². The maximum atomic E-state index is 13.8. The van der Waals surface area contributed by atoms with E-state index in [0.29, 0.717) is 47.8 Å². The second-order valence-corrected chi connectivity index (χ2v) is 9.11. The van der Waals surface area contributed by atoms with Crippen molar-refractivity contribution in [2.24, 2.45) is 0 Å². The number of hydrogen-bond acceptors (Lipinski definition) is 6. The largest absolute Gasteiger partial charge is 0.493 e. The van der Waals surface area contributed by atoms with Gasteiger partial charge in [0.2, 0.25) is 5.76 Å². The van der Waals surface area contributed by atoms with Crippen molar-refractivity contribution in [3.8, 4) is 11.5 Å². The average molecular weight is 476 g/mol. The molecular weight excluding hydrogens is 446 g/mol. The minimum atomic E-state index is -0.619. The van der Waals surface area contributed by atoms with Crippen LogP contribution in [0.15, 0.2) is 52.2 Å². The van der Waals surface area contributed by atoms with Crippen LogP contribution >= 0.6 is 0 Å². The van der Waals surface area contributed by atoms with E-state index in [2.05, 4.69) is 6.58 Å². The van der Waals surface area contributed by atoms with Crippen molar-refractivity contribution in [1.82, 2.24) is 4.90 Å². The van der Waals surface area contributed by atoms with Crippen molar-refractivity contribution in [3.63, 3.8) is 0 Å². The molecule has 35 heavy (non-hydrogen) atoms. The van der Waals surface area contributed by atoms with Crippen molar-refractivity contribution in [2.45, 2.75) is 38.8 Å². The van der Waals surface area contributed by atoms with E-state index in [4.69, 9.17) is 18.6 Å². The number of benzene rings is 2. The molecular formula is C28H29NO6. The first-order valence-corrected chi connectivity index (χ1v) is 11.8. The van der Waals surface area contributed by atoms with Crippen LogP contribution in [0.3, 0.4) is 0 Å². The van der Waals surface area contributed by atoms with E-state index >= 15 is 0 Å². The van der Waals surface area contributed by atoms with Crippen LogP contribution in [-0.2, 0) is 4.74 Å². The molecule has 0 bridgehead atoms. The van der Waals surface area contributed by atoms with Gasteiger partial charge in [0.15, 0.2) is 16.9 Å². The highest BCUT2D eigenvalue weighted by molar-refractivity contribution is 5.99. The van der Waals surface area contributed by atoms with E-state index in [-0.39, 0.29) is 23.2 Å². The molecule has 5 rings (SSSR count). The number of carbonyl (C=O) groups is 1.